The van der Waals surface area contributed by atoms with E-state index in [0.717, 1.165) is 25.3 Å². The zero-order valence-corrected chi connectivity index (χ0v) is 20.7. The van der Waals surface area contributed by atoms with Crippen molar-refractivity contribution in [1.82, 2.24) is 14.9 Å². The number of hydrogen-bond donors (Lipinski definition) is 2. The number of benzene rings is 2. The first kappa shape index (κ1) is 25.3. The van der Waals surface area contributed by atoms with Gasteiger partial charge in [0.15, 0.2) is 6.10 Å². The molecule has 0 atom stereocenters. The van der Waals surface area contributed by atoms with E-state index in [0.29, 0.717) is 30.2 Å². The van der Waals surface area contributed by atoms with Crippen LogP contribution in [-0.2, 0) is 27.5 Å². The molecule has 2 aliphatic rings. The number of carbonyl (C=O) groups is 1. The summed E-state index contributed by atoms with van der Waals surface area (Å²) >= 11 is 0. The van der Waals surface area contributed by atoms with Gasteiger partial charge in [-0.05, 0) is 5.56 Å². The quantitative estimate of drug-likeness (QED) is 0.182. The standard InChI is InChI=1S/C27H28FN7O3/c28-26-19(17-37-25(36)9-24(29)30)7-4-8-23(26)20-10-31-27(32-11-20)35-13-21(14-35)33-38-22-15-34(16-22)12-18-5-2-1-3-6-18/h1-8,10-11,22H,9,12-17H2,(H3,29,30). The molecule has 0 spiro atoms. The predicted octanol–water partition coefficient (Wildman–Crippen LogP) is 2.73. The van der Waals surface area contributed by atoms with Gasteiger partial charge in [0.1, 0.15) is 24.7 Å². The van der Waals surface area contributed by atoms with Gasteiger partial charge in [-0.2, -0.15) is 0 Å². The van der Waals surface area contributed by atoms with Crippen molar-refractivity contribution >= 4 is 23.5 Å². The number of hydrogen-bond acceptors (Lipinski definition) is 9. The highest BCUT2D eigenvalue weighted by Crippen LogP contribution is 2.26. The Morgan fingerprint density at radius 1 is 1.11 bits per heavy atom. The molecule has 2 fully saturated rings. The molecular weight excluding hydrogens is 489 g/mol. The summed E-state index contributed by atoms with van der Waals surface area (Å²) in [4.78, 5) is 30.3. The number of nitrogens with two attached hydrogens (primary N) is 1. The average molecular weight is 518 g/mol. The van der Waals surface area contributed by atoms with Crippen LogP contribution in [0.1, 0.15) is 17.5 Å². The van der Waals surface area contributed by atoms with Gasteiger partial charge in [-0.1, -0.05) is 53.7 Å². The highest BCUT2D eigenvalue weighted by Gasteiger charge is 2.30. The Balaban J connectivity index is 1.09. The zero-order valence-electron chi connectivity index (χ0n) is 20.7. The predicted molar refractivity (Wildman–Crippen MR) is 140 cm³/mol. The van der Waals surface area contributed by atoms with Crippen LogP contribution >= 0.6 is 0 Å². The molecule has 11 heteroatoms. The van der Waals surface area contributed by atoms with Crippen LogP contribution in [0.4, 0.5) is 10.3 Å². The molecule has 0 radical (unpaired) electrons. The summed E-state index contributed by atoms with van der Waals surface area (Å²) in [6.45, 7) is 3.54. The average Bonchev–Trinajstić information content (AvgIpc) is 2.86. The molecule has 2 aliphatic heterocycles. The number of nitrogens with one attached hydrogen (secondary N) is 1. The molecule has 3 heterocycles. The Morgan fingerprint density at radius 2 is 1.84 bits per heavy atom. The van der Waals surface area contributed by atoms with Crippen molar-refractivity contribution in [3.8, 4) is 11.1 Å². The normalized spacial score (nSPS) is 15.4. The van der Waals surface area contributed by atoms with Crippen molar-refractivity contribution in [2.75, 3.05) is 31.1 Å². The molecular formula is C27H28FN7O3. The monoisotopic (exact) mass is 517 g/mol. The van der Waals surface area contributed by atoms with Crippen LogP contribution in [0.25, 0.3) is 11.1 Å². The summed E-state index contributed by atoms with van der Waals surface area (Å²) < 4.78 is 20.0. The lowest BCUT2D eigenvalue weighted by Crippen LogP contribution is -2.52. The third-order valence-electron chi connectivity index (χ3n) is 6.28. The van der Waals surface area contributed by atoms with Gasteiger partial charge >= 0.3 is 5.97 Å². The molecule has 3 N–H and O–H groups in total. The number of amidine groups is 1. The van der Waals surface area contributed by atoms with Crippen LogP contribution in [0.3, 0.4) is 0 Å². The highest BCUT2D eigenvalue weighted by molar-refractivity contribution is 5.98. The van der Waals surface area contributed by atoms with Gasteiger partial charge in [0, 0.05) is 48.7 Å². The van der Waals surface area contributed by atoms with Crippen LogP contribution in [0.5, 0.6) is 0 Å². The Labute approximate surface area is 219 Å². The van der Waals surface area contributed by atoms with Crippen molar-refractivity contribution in [3.05, 3.63) is 77.9 Å². The van der Waals surface area contributed by atoms with Gasteiger partial charge in [0.25, 0.3) is 0 Å². The third kappa shape index (κ3) is 6.12. The fraction of sp³-hybridized carbons (Fsp3) is 0.296. The van der Waals surface area contributed by atoms with E-state index in [1.54, 1.807) is 24.5 Å². The highest BCUT2D eigenvalue weighted by atomic mass is 19.1. The summed E-state index contributed by atoms with van der Waals surface area (Å²) in [6, 6.07) is 15.2. The zero-order chi connectivity index (χ0) is 26.5. The van der Waals surface area contributed by atoms with Crippen LogP contribution in [0.15, 0.2) is 66.1 Å². The number of aromatic nitrogens is 2. The van der Waals surface area contributed by atoms with Crippen molar-refractivity contribution in [1.29, 1.82) is 5.41 Å². The first-order valence-corrected chi connectivity index (χ1v) is 12.3. The van der Waals surface area contributed by atoms with Crippen molar-refractivity contribution in [2.24, 2.45) is 10.9 Å². The number of esters is 1. The molecule has 0 amide bonds. The topological polar surface area (TPSA) is 130 Å². The van der Waals surface area contributed by atoms with Crippen molar-refractivity contribution in [2.45, 2.75) is 25.7 Å². The van der Waals surface area contributed by atoms with E-state index in [-0.39, 0.29) is 30.5 Å². The minimum atomic E-state index is -0.685. The fourth-order valence-corrected chi connectivity index (χ4v) is 4.21. The maximum atomic E-state index is 15.0. The Morgan fingerprint density at radius 3 is 2.55 bits per heavy atom. The summed E-state index contributed by atoms with van der Waals surface area (Å²) in [5, 5.41) is 11.4. The van der Waals surface area contributed by atoms with E-state index >= 15 is 4.39 Å². The largest absolute Gasteiger partial charge is 0.460 e. The van der Waals surface area contributed by atoms with E-state index in [4.69, 9.17) is 20.7 Å². The van der Waals surface area contributed by atoms with Gasteiger partial charge in [-0.25, -0.2) is 14.4 Å². The molecule has 0 unspecified atom stereocenters. The Kier molecular flexibility index (Phi) is 7.55. The lowest BCUT2D eigenvalue weighted by Gasteiger charge is -2.38. The minimum Gasteiger partial charge on any atom is -0.460 e. The van der Waals surface area contributed by atoms with Crippen LogP contribution < -0.4 is 10.6 Å². The molecule has 38 heavy (non-hydrogen) atoms. The molecule has 1 aromatic heterocycles. The molecule has 196 valence electrons. The number of carbonyl (C=O) groups excluding carboxylic acids is 1. The lowest BCUT2D eigenvalue weighted by atomic mass is 10.1. The Bertz CT molecular complexity index is 1320. The van der Waals surface area contributed by atoms with Crippen LogP contribution in [0, 0.1) is 11.2 Å². The summed E-state index contributed by atoms with van der Waals surface area (Å²) in [5.41, 5.74) is 8.42. The second-order valence-corrected chi connectivity index (χ2v) is 9.33. The molecule has 10 nitrogen and oxygen atoms in total. The number of nitrogens with zero attached hydrogens (tertiary/aromatic N) is 5. The van der Waals surface area contributed by atoms with Gasteiger partial charge in [-0.3, -0.25) is 15.1 Å². The van der Waals surface area contributed by atoms with E-state index < -0.39 is 11.8 Å². The number of oxime groups is 1. The van der Waals surface area contributed by atoms with Crippen LogP contribution in [0.2, 0.25) is 0 Å². The third-order valence-corrected chi connectivity index (χ3v) is 6.28. The summed E-state index contributed by atoms with van der Waals surface area (Å²) in [5.74, 6) is -0.984. The molecule has 0 saturated carbocycles. The van der Waals surface area contributed by atoms with Crippen molar-refractivity contribution in [3.63, 3.8) is 0 Å². The van der Waals surface area contributed by atoms with Crippen LogP contribution in [-0.4, -0.2) is 64.7 Å². The molecule has 2 aromatic carbocycles. The van der Waals surface area contributed by atoms with Gasteiger partial charge in [-0.15, -0.1) is 0 Å². The van der Waals surface area contributed by atoms with E-state index in [1.807, 2.05) is 23.1 Å². The smallest absolute Gasteiger partial charge is 0.313 e. The fourth-order valence-electron chi connectivity index (χ4n) is 4.21. The summed E-state index contributed by atoms with van der Waals surface area (Å²) in [6.07, 6.45) is 2.90. The second kappa shape index (κ2) is 11.3. The number of rotatable bonds is 10. The van der Waals surface area contributed by atoms with Gasteiger partial charge in [0.2, 0.25) is 5.95 Å². The summed E-state index contributed by atoms with van der Waals surface area (Å²) in [7, 11) is 0. The molecule has 5 rings (SSSR count). The van der Waals surface area contributed by atoms with Crippen molar-refractivity contribution < 1.29 is 18.8 Å². The van der Waals surface area contributed by atoms with Gasteiger partial charge < -0.3 is 20.2 Å². The maximum absolute atomic E-state index is 15.0. The first-order chi connectivity index (χ1) is 18.4. The second-order valence-electron chi connectivity index (χ2n) is 9.33. The molecule has 0 bridgehead atoms. The SMILES string of the molecule is N=C(N)CC(=O)OCc1cccc(-c2cnc(N3CC(=NOC4CN(Cc5ccccc5)C4)C3)nc2)c1F. The molecule has 0 aliphatic carbocycles. The number of likely N-dealkylation sites (tertiary alicyclic amines) is 1. The first-order valence-electron chi connectivity index (χ1n) is 12.3. The van der Waals surface area contributed by atoms with E-state index in [1.165, 1.54) is 11.6 Å². The molecule has 3 aromatic rings. The lowest BCUT2D eigenvalue weighted by molar-refractivity contribution is -0.143. The van der Waals surface area contributed by atoms with E-state index in [9.17, 15) is 4.79 Å². The van der Waals surface area contributed by atoms with E-state index in [2.05, 4.69) is 32.2 Å². The number of halogens is 1. The Hall–Kier alpha value is -4.38. The number of ether oxygens (including phenoxy) is 1. The molecule has 2 saturated heterocycles. The minimum absolute atomic E-state index is 0.110. The maximum Gasteiger partial charge on any atom is 0.313 e. The van der Waals surface area contributed by atoms with Gasteiger partial charge in [0.05, 0.1) is 18.8 Å². The number of anilines is 1.